The number of benzene rings is 1. The summed E-state index contributed by atoms with van der Waals surface area (Å²) in [6.07, 6.45) is 0.735. The lowest BCUT2D eigenvalue weighted by atomic mass is 10.1. The van der Waals surface area contributed by atoms with E-state index >= 15 is 0 Å². The predicted molar refractivity (Wildman–Crippen MR) is 71.3 cm³/mol. The maximum atomic E-state index is 12.0. The molecule has 0 unspecified atom stereocenters. The summed E-state index contributed by atoms with van der Waals surface area (Å²) in [6.45, 7) is -1.11. The molecule has 0 saturated carbocycles. The Morgan fingerprint density at radius 1 is 1.38 bits per heavy atom. The number of aromatic nitrogens is 1. The van der Waals surface area contributed by atoms with E-state index in [4.69, 9.17) is 4.52 Å². The van der Waals surface area contributed by atoms with Crippen molar-refractivity contribution in [3.8, 4) is 5.75 Å². The summed E-state index contributed by atoms with van der Waals surface area (Å²) in [6, 6.07) is 7.80. The summed E-state index contributed by atoms with van der Waals surface area (Å²) in [5.41, 5.74) is 0.850. The van der Waals surface area contributed by atoms with Crippen LogP contribution in [0.5, 0.6) is 5.75 Å². The van der Waals surface area contributed by atoms with Crippen LogP contribution in [0.1, 0.15) is 17.7 Å². The van der Waals surface area contributed by atoms with Crippen LogP contribution in [0.25, 0.3) is 0 Å². The van der Waals surface area contributed by atoms with Crippen LogP contribution in [0, 0.1) is 6.92 Å². The van der Waals surface area contributed by atoms with Crippen LogP contribution in [0.4, 0.5) is 14.6 Å². The van der Waals surface area contributed by atoms with E-state index in [1.807, 2.05) is 0 Å². The number of amides is 1. The Morgan fingerprint density at radius 2 is 2.10 bits per heavy atom. The van der Waals surface area contributed by atoms with Gasteiger partial charge in [-0.15, -0.1) is 0 Å². The van der Waals surface area contributed by atoms with Crippen LogP contribution >= 0.6 is 0 Å². The molecule has 1 amide bonds. The smallest absolute Gasteiger partial charge is 0.387 e. The van der Waals surface area contributed by atoms with E-state index in [0.717, 1.165) is 5.56 Å². The van der Waals surface area contributed by atoms with E-state index in [9.17, 15) is 13.6 Å². The Kier molecular flexibility index (Phi) is 4.86. The van der Waals surface area contributed by atoms with Crippen molar-refractivity contribution in [2.24, 2.45) is 0 Å². The molecule has 0 aliphatic heterocycles. The maximum Gasteiger partial charge on any atom is 0.387 e. The molecule has 112 valence electrons. The van der Waals surface area contributed by atoms with Crippen LogP contribution in [0.15, 0.2) is 34.9 Å². The number of alkyl halides is 2. The summed E-state index contributed by atoms with van der Waals surface area (Å²) in [7, 11) is 0. The van der Waals surface area contributed by atoms with E-state index in [1.54, 1.807) is 25.1 Å². The molecule has 2 rings (SSSR count). The number of nitrogens with one attached hydrogen (secondary N) is 1. The minimum atomic E-state index is -2.84. The van der Waals surface area contributed by atoms with Crippen LogP contribution in [-0.2, 0) is 11.2 Å². The molecule has 0 spiro atoms. The molecule has 1 aromatic carbocycles. The van der Waals surface area contributed by atoms with Gasteiger partial charge in [0.25, 0.3) is 0 Å². The molecule has 1 N–H and O–H groups in total. The summed E-state index contributed by atoms with van der Waals surface area (Å²) >= 11 is 0. The lowest BCUT2D eigenvalue weighted by Crippen LogP contribution is -2.12. The van der Waals surface area contributed by atoms with Gasteiger partial charge in [-0.25, -0.2) is 0 Å². The Morgan fingerprint density at radius 3 is 2.67 bits per heavy atom. The third-order valence-electron chi connectivity index (χ3n) is 2.68. The first-order valence-electron chi connectivity index (χ1n) is 6.30. The molecule has 0 aliphatic carbocycles. The van der Waals surface area contributed by atoms with Gasteiger partial charge in [-0.3, -0.25) is 4.79 Å². The number of halogens is 2. The molecule has 7 heteroatoms. The van der Waals surface area contributed by atoms with Crippen molar-refractivity contribution in [2.45, 2.75) is 26.4 Å². The number of nitrogens with zero attached hydrogens (tertiary/aromatic N) is 1. The third kappa shape index (κ3) is 4.87. The van der Waals surface area contributed by atoms with E-state index < -0.39 is 6.61 Å². The van der Waals surface area contributed by atoms with Crippen molar-refractivity contribution in [3.63, 3.8) is 0 Å². The van der Waals surface area contributed by atoms with Crippen LogP contribution in [0.3, 0.4) is 0 Å². The molecule has 0 radical (unpaired) electrons. The zero-order valence-electron chi connectivity index (χ0n) is 11.3. The van der Waals surface area contributed by atoms with Crippen molar-refractivity contribution in [1.82, 2.24) is 5.16 Å². The minimum absolute atomic E-state index is 0.0938. The third-order valence-corrected chi connectivity index (χ3v) is 2.68. The van der Waals surface area contributed by atoms with Gasteiger partial charge in [-0.05, 0) is 31.0 Å². The Labute approximate surface area is 119 Å². The highest BCUT2D eigenvalue weighted by atomic mass is 19.3. The molecule has 1 heterocycles. The minimum Gasteiger partial charge on any atom is -0.435 e. The number of hydrogen-bond donors (Lipinski definition) is 1. The van der Waals surface area contributed by atoms with Crippen molar-refractivity contribution in [1.29, 1.82) is 0 Å². The summed E-state index contributed by atoms with van der Waals surface area (Å²) in [5, 5.41) is 6.26. The standard InChI is InChI=1S/C14H14F2N2O3/c1-9-8-12(18-21-9)17-13(19)7-4-10-2-5-11(6-3-10)20-14(15)16/h2-3,5-6,8,14H,4,7H2,1H3,(H,17,18,19). The monoisotopic (exact) mass is 296 g/mol. The molecule has 0 bridgehead atoms. The molecule has 0 atom stereocenters. The molecule has 21 heavy (non-hydrogen) atoms. The number of carbonyl (C=O) groups is 1. The Hall–Kier alpha value is -2.44. The van der Waals surface area contributed by atoms with E-state index in [0.29, 0.717) is 18.0 Å². The average molecular weight is 296 g/mol. The largest absolute Gasteiger partial charge is 0.435 e. The van der Waals surface area contributed by atoms with Gasteiger partial charge in [-0.2, -0.15) is 8.78 Å². The lowest BCUT2D eigenvalue weighted by molar-refractivity contribution is -0.116. The maximum absolute atomic E-state index is 12.0. The van der Waals surface area contributed by atoms with E-state index in [-0.39, 0.29) is 18.1 Å². The number of carbonyl (C=O) groups excluding carboxylic acids is 1. The quantitative estimate of drug-likeness (QED) is 0.889. The highest BCUT2D eigenvalue weighted by molar-refractivity contribution is 5.89. The fraction of sp³-hybridized carbons (Fsp3) is 0.286. The van der Waals surface area contributed by atoms with E-state index in [1.165, 1.54) is 12.1 Å². The second kappa shape index (κ2) is 6.83. The Balaban J connectivity index is 1.81. The SMILES string of the molecule is Cc1cc(NC(=O)CCc2ccc(OC(F)F)cc2)no1. The van der Waals surface area contributed by atoms with Gasteiger partial charge in [0.15, 0.2) is 5.82 Å². The summed E-state index contributed by atoms with van der Waals surface area (Å²) < 4.78 is 33.1. The van der Waals surface area contributed by atoms with Gasteiger partial charge >= 0.3 is 6.61 Å². The van der Waals surface area contributed by atoms with Gasteiger partial charge in [-0.1, -0.05) is 17.3 Å². The average Bonchev–Trinajstić information content (AvgIpc) is 2.83. The number of hydrogen-bond acceptors (Lipinski definition) is 4. The molecular weight excluding hydrogens is 282 g/mol. The second-order valence-corrected chi connectivity index (χ2v) is 4.39. The zero-order valence-corrected chi connectivity index (χ0v) is 11.3. The van der Waals surface area contributed by atoms with Crippen molar-refractivity contribution in [2.75, 3.05) is 5.32 Å². The summed E-state index contributed by atoms with van der Waals surface area (Å²) in [4.78, 5) is 11.7. The van der Waals surface area contributed by atoms with Gasteiger partial charge in [0.1, 0.15) is 11.5 Å². The van der Waals surface area contributed by atoms with Gasteiger partial charge in [0.05, 0.1) is 0 Å². The van der Waals surface area contributed by atoms with Crippen molar-refractivity contribution >= 4 is 11.7 Å². The molecule has 0 saturated heterocycles. The molecular formula is C14H14F2N2O3. The molecule has 0 fully saturated rings. The van der Waals surface area contributed by atoms with Gasteiger partial charge in [0, 0.05) is 12.5 Å². The topological polar surface area (TPSA) is 64.4 Å². The van der Waals surface area contributed by atoms with Crippen LogP contribution in [-0.4, -0.2) is 17.7 Å². The highest BCUT2D eigenvalue weighted by Gasteiger charge is 2.07. The number of ether oxygens (including phenoxy) is 1. The fourth-order valence-corrected chi connectivity index (χ4v) is 1.73. The first-order valence-corrected chi connectivity index (χ1v) is 6.30. The van der Waals surface area contributed by atoms with Gasteiger partial charge < -0.3 is 14.6 Å². The molecule has 5 nitrogen and oxygen atoms in total. The number of aryl methyl sites for hydroxylation is 2. The highest BCUT2D eigenvalue weighted by Crippen LogP contribution is 2.16. The molecule has 0 aliphatic rings. The lowest BCUT2D eigenvalue weighted by Gasteiger charge is -2.05. The first-order chi connectivity index (χ1) is 10.0. The molecule has 1 aromatic heterocycles. The normalized spacial score (nSPS) is 10.7. The summed E-state index contributed by atoms with van der Waals surface area (Å²) in [5.74, 6) is 0.880. The van der Waals surface area contributed by atoms with Crippen molar-refractivity contribution in [3.05, 3.63) is 41.7 Å². The van der Waals surface area contributed by atoms with Crippen LogP contribution in [0.2, 0.25) is 0 Å². The first kappa shape index (κ1) is 15.0. The second-order valence-electron chi connectivity index (χ2n) is 4.39. The van der Waals surface area contributed by atoms with Crippen LogP contribution < -0.4 is 10.1 Å². The zero-order chi connectivity index (χ0) is 15.2. The predicted octanol–water partition coefficient (Wildman–Crippen LogP) is 3.16. The molecule has 2 aromatic rings. The van der Waals surface area contributed by atoms with Gasteiger partial charge in [0.2, 0.25) is 5.91 Å². The number of anilines is 1. The Bertz CT molecular complexity index is 597. The van der Waals surface area contributed by atoms with Crippen molar-refractivity contribution < 1.29 is 22.8 Å². The van der Waals surface area contributed by atoms with E-state index in [2.05, 4.69) is 15.2 Å². The number of rotatable bonds is 6. The fourth-order valence-electron chi connectivity index (χ4n) is 1.73.